The highest BCUT2D eigenvalue weighted by atomic mass is 32.1. The molecule has 0 aliphatic carbocycles. The highest BCUT2D eigenvalue weighted by Crippen LogP contribution is 2.24. The highest BCUT2D eigenvalue weighted by Gasteiger charge is 2.12. The molecule has 1 saturated heterocycles. The van der Waals surface area contributed by atoms with Crippen LogP contribution in [0.15, 0.2) is 30.3 Å². The Morgan fingerprint density at radius 3 is 3.11 bits per heavy atom. The van der Waals surface area contributed by atoms with Gasteiger partial charge in [0.2, 0.25) is 0 Å². The number of hydrogen-bond acceptors (Lipinski definition) is 3. The van der Waals surface area contributed by atoms with E-state index in [2.05, 4.69) is 42.2 Å². The quantitative estimate of drug-likeness (QED) is 0.774. The fourth-order valence-corrected chi connectivity index (χ4v) is 3.08. The van der Waals surface area contributed by atoms with Crippen LogP contribution in [0.25, 0.3) is 10.1 Å². The van der Waals surface area contributed by atoms with Gasteiger partial charge in [0.1, 0.15) is 6.61 Å². The number of thiophene rings is 1. The lowest BCUT2D eigenvalue weighted by atomic mass is 10.2. The van der Waals surface area contributed by atoms with Gasteiger partial charge >= 0.3 is 0 Å². The minimum atomic E-state index is -0.0505. The molecule has 0 saturated carbocycles. The summed E-state index contributed by atoms with van der Waals surface area (Å²) >= 11 is 1.72. The third-order valence-electron chi connectivity index (χ3n) is 3.12. The molecule has 2 nitrogen and oxygen atoms in total. The zero-order chi connectivity index (χ0) is 12.9. The monoisotopic (exact) mass is 272 g/mol. The summed E-state index contributed by atoms with van der Waals surface area (Å²) in [5.74, 6) is 6.23. The first kappa shape index (κ1) is 12.7. The molecular weight excluding hydrogens is 256 g/mol. The normalized spacial score (nSPS) is 19.1. The standard InChI is InChI=1S/C16H16O2S/c1-2-8-15-13(6-1)12-14(19-15)7-5-11-18-16-9-3-4-10-17-16/h1-2,6,8,12,16H,3-4,9-11H2. The van der Waals surface area contributed by atoms with Crippen molar-refractivity contribution in [2.45, 2.75) is 25.6 Å². The van der Waals surface area contributed by atoms with Crippen LogP contribution in [-0.2, 0) is 9.47 Å². The predicted molar refractivity (Wildman–Crippen MR) is 78.2 cm³/mol. The van der Waals surface area contributed by atoms with Crippen LogP contribution in [0.2, 0.25) is 0 Å². The molecule has 1 fully saturated rings. The van der Waals surface area contributed by atoms with Gasteiger partial charge in [-0.05, 0) is 36.8 Å². The zero-order valence-corrected chi connectivity index (χ0v) is 11.5. The molecule has 98 valence electrons. The summed E-state index contributed by atoms with van der Waals surface area (Å²) in [5.41, 5.74) is 0. The number of benzene rings is 1. The van der Waals surface area contributed by atoms with Crippen LogP contribution in [0, 0.1) is 11.8 Å². The molecule has 1 aromatic carbocycles. The molecule has 0 spiro atoms. The Kier molecular flexibility index (Phi) is 4.14. The lowest BCUT2D eigenvalue weighted by Gasteiger charge is -2.21. The average Bonchev–Trinajstić information content (AvgIpc) is 2.87. The third-order valence-corrected chi connectivity index (χ3v) is 4.15. The van der Waals surface area contributed by atoms with Crippen molar-refractivity contribution in [1.82, 2.24) is 0 Å². The molecule has 1 aromatic heterocycles. The van der Waals surface area contributed by atoms with Crippen molar-refractivity contribution in [2.24, 2.45) is 0 Å². The Labute approximate surface area is 117 Å². The van der Waals surface area contributed by atoms with E-state index in [0.29, 0.717) is 6.61 Å². The maximum absolute atomic E-state index is 5.59. The van der Waals surface area contributed by atoms with Gasteiger partial charge in [-0.1, -0.05) is 30.0 Å². The lowest BCUT2D eigenvalue weighted by Crippen LogP contribution is -2.22. The third kappa shape index (κ3) is 3.36. The predicted octanol–water partition coefficient (Wildman–Crippen LogP) is 3.80. The summed E-state index contributed by atoms with van der Waals surface area (Å²) in [4.78, 5) is 1.09. The van der Waals surface area contributed by atoms with Crippen LogP contribution in [0.3, 0.4) is 0 Å². The van der Waals surface area contributed by atoms with Crippen molar-refractivity contribution in [3.63, 3.8) is 0 Å². The van der Waals surface area contributed by atoms with Gasteiger partial charge in [0, 0.05) is 11.3 Å². The van der Waals surface area contributed by atoms with E-state index >= 15 is 0 Å². The van der Waals surface area contributed by atoms with Crippen molar-refractivity contribution < 1.29 is 9.47 Å². The second-order valence-electron chi connectivity index (χ2n) is 4.56. The fraction of sp³-hybridized carbons (Fsp3) is 0.375. The highest BCUT2D eigenvalue weighted by molar-refractivity contribution is 7.19. The van der Waals surface area contributed by atoms with Crippen molar-refractivity contribution in [3.8, 4) is 11.8 Å². The molecule has 0 radical (unpaired) electrons. The SMILES string of the molecule is C(#Cc1cc2ccccc2s1)COC1CCCCO1. The second-order valence-corrected chi connectivity index (χ2v) is 5.64. The van der Waals surface area contributed by atoms with E-state index in [1.54, 1.807) is 11.3 Å². The molecule has 2 heterocycles. The molecule has 0 bridgehead atoms. The maximum atomic E-state index is 5.59. The van der Waals surface area contributed by atoms with Gasteiger partial charge in [-0.3, -0.25) is 0 Å². The molecule has 1 aliphatic rings. The molecule has 19 heavy (non-hydrogen) atoms. The molecule has 3 heteroatoms. The van der Waals surface area contributed by atoms with E-state index in [4.69, 9.17) is 9.47 Å². The van der Waals surface area contributed by atoms with Crippen LogP contribution < -0.4 is 0 Å². The first-order valence-electron chi connectivity index (χ1n) is 6.62. The minimum Gasteiger partial charge on any atom is -0.353 e. The summed E-state index contributed by atoms with van der Waals surface area (Å²) in [6, 6.07) is 10.5. The second kappa shape index (κ2) is 6.21. The van der Waals surface area contributed by atoms with E-state index < -0.39 is 0 Å². The van der Waals surface area contributed by atoms with Gasteiger partial charge in [-0.25, -0.2) is 0 Å². The van der Waals surface area contributed by atoms with Crippen molar-refractivity contribution >= 4 is 21.4 Å². The number of hydrogen-bond donors (Lipinski definition) is 0. The fourth-order valence-electron chi connectivity index (χ4n) is 2.14. The Bertz CT molecular complexity index is 567. The summed E-state index contributed by atoms with van der Waals surface area (Å²) in [6.45, 7) is 1.26. The first-order valence-corrected chi connectivity index (χ1v) is 7.44. The minimum absolute atomic E-state index is 0.0505. The van der Waals surface area contributed by atoms with Crippen LogP contribution in [-0.4, -0.2) is 19.5 Å². The van der Waals surface area contributed by atoms with Crippen LogP contribution in [0.4, 0.5) is 0 Å². The lowest BCUT2D eigenvalue weighted by molar-refractivity contribution is -0.154. The van der Waals surface area contributed by atoms with Crippen molar-refractivity contribution in [1.29, 1.82) is 0 Å². The van der Waals surface area contributed by atoms with E-state index in [9.17, 15) is 0 Å². The summed E-state index contributed by atoms with van der Waals surface area (Å²) in [7, 11) is 0. The Morgan fingerprint density at radius 1 is 1.32 bits per heavy atom. The van der Waals surface area contributed by atoms with E-state index in [1.165, 1.54) is 16.5 Å². The van der Waals surface area contributed by atoms with Crippen LogP contribution in [0.5, 0.6) is 0 Å². The topological polar surface area (TPSA) is 18.5 Å². The molecule has 0 N–H and O–H groups in total. The summed E-state index contributed by atoms with van der Waals surface area (Å²) in [5, 5.41) is 1.26. The average molecular weight is 272 g/mol. The number of rotatable bonds is 2. The summed E-state index contributed by atoms with van der Waals surface area (Å²) in [6.07, 6.45) is 3.28. The zero-order valence-electron chi connectivity index (χ0n) is 10.7. The molecule has 0 amide bonds. The van der Waals surface area contributed by atoms with Gasteiger partial charge in [-0.2, -0.15) is 0 Å². The van der Waals surface area contributed by atoms with Gasteiger partial charge in [0.25, 0.3) is 0 Å². The van der Waals surface area contributed by atoms with E-state index in [0.717, 1.165) is 24.3 Å². The largest absolute Gasteiger partial charge is 0.353 e. The molecule has 1 atom stereocenters. The maximum Gasteiger partial charge on any atom is 0.158 e. The van der Waals surface area contributed by atoms with Crippen LogP contribution >= 0.6 is 11.3 Å². The smallest absolute Gasteiger partial charge is 0.158 e. The van der Waals surface area contributed by atoms with Crippen molar-refractivity contribution in [2.75, 3.05) is 13.2 Å². The molecule has 3 rings (SSSR count). The van der Waals surface area contributed by atoms with Gasteiger partial charge < -0.3 is 9.47 Å². The number of ether oxygens (including phenoxy) is 2. The first-order chi connectivity index (χ1) is 9.42. The van der Waals surface area contributed by atoms with Crippen molar-refractivity contribution in [3.05, 3.63) is 35.2 Å². The Balaban J connectivity index is 1.57. The van der Waals surface area contributed by atoms with Gasteiger partial charge in [0.15, 0.2) is 6.29 Å². The summed E-state index contributed by atoms with van der Waals surface area (Å²) < 4.78 is 12.4. The molecule has 1 unspecified atom stereocenters. The Hall–Kier alpha value is -1.34. The van der Waals surface area contributed by atoms with E-state index in [1.807, 2.05) is 0 Å². The van der Waals surface area contributed by atoms with Crippen LogP contribution in [0.1, 0.15) is 24.1 Å². The number of fused-ring (bicyclic) bond motifs is 1. The van der Waals surface area contributed by atoms with E-state index in [-0.39, 0.29) is 6.29 Å². The molecule has 2 aromatic rings. The molecular formula is C16H16O2S. The van der Waals surface area contributed by atoms with Gasteiger partial charge in [-0.15, -0.1) is 11.3 Å². The Morgan fingerprint density at radius 2 is 2.26 bits per heavy atom. The molecule has 1 aliphatic heterocycles. The van der Waals surface area contributed by atoms with Gasteiger partial charge in [0.05, 0.1) is 4.88 Å².